The molecule has 1 aliphatic carbocycles. The molecule has 33 heavy (non-hydrogen) atoms. The van der Waals surface area contributed by atoms with Gasteiger partial charge in [0.05, 0.1) is 0 Å². The van der Waals surface area contributed by atoms with Crippen molar-refractivity contribution < 1.29 is 37.0 Å². The fourth-order valence-corrected chi connectivity index (χ4v) is 3.99. The van der Waals surface area contributed by atoms with E-state index in [1.165, 1.54) is 0 Å². The normalized spacial score (nSPS) is 13.2. The van der Waals surface area contributed by atoms with E-state index in [1.807, 2.05) is 53.8 Å². The van der Waals surface area contributed by atoms with Crippen LogP contribution in [-0.2, 0) is 16.0 Å². The van der Waals surface area contributed by atoms with Crippen molar-refractivity contribution in [3.8, 4) is 11.1 Å². The summed E-state index contributed by atoms with van der Waals surface area (Å²) in [5.74, 6) is -8.75. The van der Waals surface area contributed by atoms with Crippen molar-refractivity contribution in [1.82, 2.24) is 5.32 Å². The van der Waals surface area contributed by atoms with E-state index in [-0.39, 0.29) is 18.6 Å². The molecular weight excluding hydrogens is 442 g/mol. The second-order valence-corrected chi connectivity index (χ2v) is 7.51. The van der Waals surface area contributed by atoms with E-state index in [2.05, 4.69) is 0 Å². The zero-order chi connectivity index (χ0) is 23.7. The number of carboxylic acid groups (broad SMARTS) is 1. The van der Waals surface area contributed by atoms with Gasteiger partial charge in [0.2, 0.25) is 0 Å². The van der Waals surface area contributed by atoms with Crippen molar-refractivity contribution in [3.63, 3.8) is 0 Å². The highest BCUT2D eigenvalue weighted by atomic mass is 19.2. The van der Waals surface area contributed by atoms with E-state index in [0.717, 1.165) is 22.3 Å². The van der Waals surface area contributed by atoms with Gasteiger partial charge in [0.1, 0.15) is 12.6 Å². The van der Waals surface area contributed by atoms with Gasteiger partial charge in [-0.25, -0.2) is 27.2 Å². The molecule has 0 bridgehead atoms. The summed E-state index contributed by atoms with van der Waals surface area (Å²) in [6.07, 6.45) is -2.17. The van der Waals surface area contributed by atoms with Crippen molar-refractivity contribution in [2.75, 3.05) is 6.61 Å². The highest BCUT2D eigenvalue weighted by Gasteiger charge is 2.31. The maximum absolute atomic E-state index is 13.9. The van der Waals surface area contributed by atoms with Gasteiger partial charge in [0.15, 0.2) is 23.3 Å². The molecule has 0 spiro atoms. The summed E-state index contributed by atoms with van der Waals surface area (Å²) >= 11 is 0. The molecule has 0 saturated heterocycles. The Hall–Kier alpha value is -3.88. The average Bonchev–Trinajstić information content (AvgIpc) is 3.12. The standard InChI is InChI=1S/C24H17F4NO4/c25-18-10-19(26)22(28)16(21(18)27)9-20(23(30)31)29-24(32)33-11-17-14-7-3-1-5-12(14)13-6-2-4-8-15(13)17/h1-8,10,17,20H,9,11H2,(H,29,32)(H,30,31)/t20-/m0/s1. The largest absolute Gasteiger partial charge is 0.480 e. The Morgan fingerprint density at radius 1 is 0.909 bits per heavy atom. The Morgan fingerprint density at radius 3 is 1.94 bits per heavy atom. The first-order valence-corrected chi connectivity index (χ1v) is 9.94. The van der Waals surface area contributed by atoms with E-state index in [0.29, 0.717) is 0 Å². The topological polar surface area (TPSA) is 75.6 Å². The van der Waals surface area contributed by atoms with Crippen molar-refractivity contribution in [2.24, 2.45) is 0 Å². The van der Waals surface area contributed by atoms with Crippen LogP contribution in [0.4, 0.5) is 22.4 Å². The maximum Gasteiger partial charge on any atom is 0.407 e. The lowest BCUT2D eigenvalue weighted by atomic mass is 9.98. The molecule has 1 amide bonds. The SMILES string of the molecule is O=C(N[C@@H](Cc1c(F)c(F)cc(F)c1F)C(=O)O)OCC1c2ccccc2-c2ccccc21. The number of hydrogen-bond acceptors (Lipinski definition) is 3. The van der Waals surface area contributed by atoms with Crippen LogP contribution in [0.15, 0.2) is 54.6 Å². The van der Waals surface area contributed by atoms with Gasteiger partial charge in [-0.05, 0) is 22.3 Å². The van der Waals surface area contributed by atoms with Crippen LogP contribution >= 0.6 is 0 Å². The number of carbonyl (C=O) groups excluding carboxylic acids is 1. The molecule has 170 valence electrons. The first-order valence-electron chi connectivity index (χ1n) is 9.94. The van der Waals surface area contributed by atoms with Crippen LogP contribution in [-0.4, -0.2) is 29.8 Å². The molecule has 5 nitrogen and oxygen atoms in total. The predicted octanol–water partition coefficient (Wildman–Crippen LogP) is 4.78. The van der Waals surface area contributed by atoms with Crippen LogP contribution in [0.2, 0.25) is 0 Å². The van der Waals surface area contributed by atoms with Gasteiger partial charge >= 0.3 is 12.1 Å². The van der Waals surface area contributed by atoms with Crippen molar-refractivity contribution >= 4 is 12.1 Å². The Kier molecular flexibility index (Phi) is 6.04. The van der Waals surface area contributed by atoms with Gasteiger partial charge in [0.25, 0.3) is 0 Å². The van der Waals surface area contributed by atoms with Gasteiger partial charge in [-0.2, -0.15) is 0 Å². The average molecular weight is 459 g/mol. The second-order valence-electron chi connectivity index (χ2n) is 7.51. The number of ether oxygens (including phenoxy) is 1. The van der Waals surface area contributed by atoms with Crippen LogP contribution < -0.4 is 5.32 Å². The van der Waals surface area contributed by atoms with Crippen LogP contribution in [0.1, 0.15) is 22.6 Å². The van der Waals surface area contributed by atoms with Crippen LogP contribution in [0.25, 0.3) is 11.1 Å². The molecule has 0 unspecified atom stereocenters. The number of alkyl carbamates (subject to hydrolysis) is 1. The first-order chi connectivity index (χ1) is 15.8. The molecule has 4 rings (SSSR count). The van der Waals surface area contributed by atoms with Gasteiger partial charge < -0.3 is 15.2 Å². The Bertz CT molecular complexity index is 1180. The van der Waals surface area contributed by atoms with Crippen molar-refractivity contribution in [1.29, 1.82) is 0 Å². The molecule has 3 aromatic rings. The minimum absolute atomic E-state index is 0.0168. The Labute approximate surface area is 185 Å². The number of amides is 1. The fourth-order valence-electron chi connectivity index (χ4n) is 3.99. The van der Waals surface area contributed by atoms with E-state index in [1.54, 1.807) is 0 Å². The molecule has 0 fully saturated rings. The van der Waals surface area contributed by atoms with E-state index < -0.39 is 53.4 Å². The third-order valence-electron chi connectivity index (χ3n) is 5.54. The summed E-state index contributed by atoms with van der Waals surface area (Å²) < 4.78 is 59.9. The quantitative estimate of drug-likeness (QED) is 0.411. The van der Waals surface area contributed by atoms with Gasteiger partial charge in [-0.1, -0.05) is 48.5 Å². The number of fused-ring (bicyclic) bond motifs is 3. The third-order valence-corrected chi connectivity index (χ3v) is 5.54. The Morgan fingerprint density at radius 2 is 1.42 bits per heavy atom. The lowest BCUT2D eigenvalue weighted by Gasteiger charge is -2.18. The van der Waals surface area contributed by atoms with Crippen LogP contribution in [0.5, 0.6) is 0 Å². The monoisotopic (exact) mass is 459 g/mol. The minimum Gasteiger partial charge on any atom is -0.480 e. The molecule has 1 aliphatic rings. The molecule has 0 radical (unpaired) electrons. The number of rotatable bonds is 6. The molecule has 0 aromatic heterocycles. The van der Waals surface area contributed by atoms with Gasteiger partial charge in [0, 0.05) is 24.0 Å². The van der Waals surface area contributed by atoms with Crippen LogP contribution in [0, 0.1) is 23.3 Å². The molecule has 0 heterocycles. The third kappa shape index (κ3) is 4.26. The molecule has 2 N–H and O–H groups in total. The van der Waals surface area contributed by atoms with Gasteiger partial charge in [-0.3, -0.25) is 0 Å². The summed E-state index contributed by atoms with van der Waals surface area (Å²) in [6, 6.07) is 13.3. The molecule has 0 aliphatic heterocycles. The molecule has 9 heteroatoms. The summed E-state index contributed by atoms with van der Waals surface area (Å²) in [5.41, 5.74) is 2.72. The highest BCUT2D eigenvalue weighted by Crippen LogP contribution is 2.44. The molecular formula is C24H17F4NO4. The first kappa shape index (κ1) is 22.3. The lowest BCUT2D eigenvalue weighted by molar-refractivity contribution is -0.139. The maximum atomic E-state index is 13.9. The van der Waals surface area contributed by atoms with Crippen LogP contribution in [0.3, 0.4) is 0 Å². The second kappa shape index (κ2) is 8.93. The number of aliphatic carboxylic acids is 1. The highest BCUT2D eigenvalue weighted by molar-refractivity contribution is 5.81. The number of hydrogen-bond donors (Lipinski definition) is 2. The zero-order valence-corrected chi connectivity index (χ0v) is 16.9. The smallest absolute Gasteiger partial charge is 0.407 e. The zero-order valence-electron chi connectivity index (χ0n) is 16.9. The lowest BCUT2D eigenvalue weighted by Crippen LogP contribution is -2.43. The number of benzene rings is 3. The molecule has 1 atom stereocenters. The minimum atomic E-state index is -1.88. The summed E-state index contributed by atoms with van der Waals surface area (Å²) in [5, 5.41) is 11.3. The fraction of sp³-hybridized carbons (Fsp3) is 0.167. The van der Waals surface area contributed by atoms with E-state index >= 15 is 0 Å². The summed E-state index contributed by atoms with van der Waals surface area (Å²) in [4.78, 5) is 23.8. The van der Waals surface area contributed by atoms with Gasteiger partial charge in [-0.15, -0.1) is 0 Å². The van der Waals surface area contributed by atoms with Crippen molar-refractivity contribution in [3.05, 3.63) is 94.6 Å². The van der Waals surface area contributed by atoms with E-state index in [9.17, 15) is 32.3 Å². The molecule has 3 aromatic carbocycles. The molecule has 0 saturated carbocycles. The summed E-state index contributed by atoms with van der Waals surface area (Å²) in [6.45, 7) is -0.122. The van der Waals surface area contributed by atoms with Crippen molar-refractivity contribution in [2.45, 2.75) is 18.4 Å². The number of nitrogens with one attached hydrogen (secondary N) is 1. The predicted molar refractivity (Wildman–Crippen MR) is 110 cm³/mol. The number of halogens is 4. The number of carboxylic acids is 1. The number of carbonyl (C=O) groups is 2. The van der Waals surface area contributed by atoms with E-state index in [4.69, 9.17) is 4.74 Å². The Balaban J connectivity index is 1.48. The summed E-state index contributed by atoms with van der Waals surface area (Å²) in [7, 11) is 0.